The number of rotatable bonds is 3. The third-order valence-electron chi connectivity index (χ3n) is 3.55. The lowest BCUT2D eigenvalue weighted by atomic mass is 9.92. The number of benzene rings is 1. The highest BCUT2D eigenvalue weighted by Crippen LogP contribution is 2.29. The highest BCUT2D eigenvalue weighted by Gasteiger charge is 2.12. The zero-order valence-electron chi connectivity index (χ0n) is 11.1. The minimum Gasteiger partial charge on any atom is -0.455 e. The molecule has 0 atom stereocenters. The summed E-state index contributed by atoms with van der Waals surface area (Å²) in [6.07, 6.45) is 6.49. The Morgan fingerprint density at radius 1 is 1.15 bits per heavy atom. The Morgan fingerprint density at radius 2 is 1.95 bits per heavy atom. The van der Waals surface area contributed by atoms with Crippen molar-refractivity contribution in [3.8, 4) is 11.5 Å². The first-order chi connectivity index (χ1) is 9.74. The summed E-state index contributed by atoms with van der Waals surface area (Å²) in [5, 5.41) is 0. The molecule has 1 aromatic heterocycles. The molecule has 0 amide bonds. The van der Waals surface area contributed by atoms with Crippen LogP contribution in [0.1, 0.15) is 29.7 Å². The topological polar surface area (TPSA) is 48.1 Å². The molecule has 20 heavy (non-hydrogen) atoms. The molecule has 3 nitrogen and oxygen atoms in total. The van der Waals surface area contributed by atoms with Crippen LogP contribution in [0.15, 0.2) is 36.5 Å². The molecular weight excluding hydrogens is 268 g/mol. The Bertz CT molecular complexity index is 655. The van der Waals surface area contributed by atoms with E-state index in [2.05, 4.69) is 17.1 Å². The van der Waals surface area contributed by atoms with E-state index in [0.717, 1.165) is 12.2 Å². The molecule has 1 heterocycles. The molecule has 1 aliphatic carbocycles. The van der Waals surface area contributed by atoms with E-state index >= 15 is 0 Å². The van der Waals surface area contributed by atoms with Gasteiger partial charge in [-0.15, -0.1) is 0 Å². The summed E-state index contributed by atoms with van der Waals surface area (Å²) in [6, 6.07) is 9.92. The van der Waals surface area contributed by atoms with E-state index in [9.17, 15) is 0 Å². The van der Waals surface area contributed by atoms with Gasteiger partial charge in [0.05, 0.1) is 0 Å². The maximum Gasteiger partial charge on any atom is 0.156 e. The van der Waals surface area contributed by atoms with E-state index in [-0.39, 0.29) is 4.99 Å². The van der Waals surface area contributed by atoms with Crippen LogP contribution in [-0.2, 0) is 12.8 Å². The Morgan fingerprint density at radius 3 is 2.75 bits per heavy atom. The van der Waals surface area contributed by atoms with Crippen LogP contribution in [0.2, 0.25) is 0 Å². The molecule has 4 heteroatoms. The van der Waals surface area contributed by atoms with Gasteiger partial charge in [-0.05, 0) is 61.1 Å². The van der Waals surface area contributed by atoms with Crippen molar-refractivity contribution in [2.75, 3.05) is 0 Å². The van der Waals surface area contributed by atoms with E-state index in [1.165, 1.54) is 30.4 Å². The number of nitrogens with zero attached hydrogens (tertiary/aromatic N) is 1. The number of fused-ring (bicyclic) bond motifs is 1. The highest BCUT2D eigenvalue weighted by atomic mass is 32.1. The fourth-order valence-corrected chi connectivity index (χ4v) is 2.71. The van der Waals surface area contributed by atoms with E-state index in [1.54, 1.807) is 6.20 Å². The Hall–Kier alpha value is -1.94. The molecule has 1 aromatic carbocycles. The molecule has 2 aromatic rings. The number of aromatic nitrogens is 1. The highest BCUT2D eigenvalue weighted by molar-refractivity contribution is 7.80. The minimum atomic E-state index is 0.249. The monoisotopic (exact) mass is 284 g/mol. The first-order valence-corrected chi connectivity index (χ1v) is 7.19. The van der Waals surface area contributed by atoms with Crippen molar-refractivity contribution in [3.05, 3.63) is 53.3 Å². The van der Waals surface area contributed by atoms with Gasteiger partial charge in [0.15, 0.2) is 5.75 Å². The summed E-state index contributed by atoms with van der Waals surface area (Å²) in [7, 11) is 0. The van der Waals surface area contributed by atoms with Gasteiger partial charge in [0.25, 0.3) is 0 Å². The normalized spacial score (nSPS) is 13.6. The molecule has 1 aliphatic rings. The molecular formula is C16H16N2OS. The predicted molar refractivity (Wildman–Crippen MR) is 83.3 cm³/mol. The number of hydrogen-bond acceptors (Lipinski definition) is 3. The molecule has 2 N–H and O–H groups in total. The second kappa shape index (κ2) is 5.59. The Labute approximate surface area is 123 Å². The van der Waals surface area contributed by atoms with Gasteiger partial charge in [0, 0.05) is 6.20 Å². The predicted octanol–water partition coefficient (Wildman–Crippen LogP) is 3.39. The first kappa shape index (κ1) is 13.1. The van der Waals surface area contributed by atoms with Crippen LogP contribution in [0.3, 0.4) is 0 Å². The lowest BCUT2D eigenvalue weighted by molar-refractivity contribution is 0.477. The average Bonchev–Trinajstić information content (AvgIpc) is 2.47. The van der Waals surface area contributed by atoms with Crippen molar-refractivity contribution >= 4 is 17.2 Å². The van der Waals surface area contributed by atoms with E-state index in [1.807, 2.05) is 18.2 Å². The summed E-state index contributed by atoms with van der Waals surface area (Å²) < 4.78 is 5.91. The number of ether oxygens (including phenoxy) is 1. The van der Waals surface area contributed by atoms with Crippen LogP contribution >= 0.6 is 12.2 Å². The number of hydrogen-bond donors (Lipinski definition) is 1. The molecule has 3 rings (SSSR count). The van der Waals surface area contributed by atoms with Gasteiger partial charge in [-0.3, -0.25) is 0 Å². The lowest BCUT2D eigenvalue weighted by Crippen LogP contribution is -2.12. The van der Waals surface area contributed by atoms with Crippen LogP contribution in [0.5, 0.6) is 11.5 Å². The number of thiocarbonyl (C=S) groups is 1. The largest absolute Gasteiger partial charge is 0.455 e. The number of aryl methyl sites for hydroxylation is 2. The van der Waals surface area contributed by atoms with Crippen LogP contribution in [0.25, 0.3) is 0 Å². The standard InChI is InChI=1S/C16H16N2OS/c17-16(20)15-14(6-3-9-18-15)19-13-8-7-11-4-1-2-5-12(11)10-13/h3,6-10H,1-2,4-5H2,(H2,17,20). The third-order valence-corrected chi connectivity index (χ3v) is 3.75. The van der Waals surface area contributed by atoms with Crippen molar-refractivity contribution in [2.45, 2.75) is 25.7 Å². The molecule has 0 radical (unpaired) electrons. The lowest BCUT2D eigenvalue weighted by Gasteiger charge is -2.17. The average molecular weight is 284 g/mol. The van der Waals surface area contributed by atoms with Gasteiger partial charge < -0.3 is 10.5 Å². The minimum absolute atomic E-state index is 0.249. The van der Waals surface area contributed by atoms with Gasteiger partial charge in [0.2, 0.25) is 0 Å². The Balaban J connectivity index is 1.90. The van der Waals surface area contributed by atoms with Crippen LogP contribution in [-0.4, -0.2) is 9.97 Å². The maximum atomic E-state index is 5.91. The first-order valence-electron chi connectivity index (χ1n) is 6.78. The van der Waals surface area contributed by atoms with Gasteiger partial charge in [-0.1, -0.05) is 18.3 Å². The SMILES string of the molecule is NC(=S)c1ncccc1Oc1ccc2c(c1)CCCC2. The second-order valence-electron chi connectivity index (χ2n) is 4.95. The van der Waals surface area contributed by atoms with E-state index in [0.29, 0.717) is 11.4 Å². The van der Waals surface area contributed by atoms with E-state index < -0.39 is 0 Å². The van der Waals surface area contributed by atoms with Gasteiger partial charge in [-0.25, -0.2) is 4.98 Å². The maximum absolute atomic E-state index is 5.91. The van der Waals surface area contributed by atoms with Gasteiger partial charge in [0.1, 0.15) is 16.4 Å². The molecule has 102 valence electrons. The Kier molecular flexibility index (Phi) is 3.65. The van der Waals surface area contributed by atoms with Gasteiger partial charge in [-0.2, -0.15) is 0 Å². The summed E-state index contributed by atoms with van der Waals surface area (Å²) in [5.74, 6) is 1.42. The molecule has 0 saturated heterocycles. The zero-order chi connectivity index (χ0) is 13.9. The molecule has 0 spiro atoms. The summed E-state index contributed by atoms with van der Waals surface area (Å²) in [6.45, 7) is 0. The summed E-state index contributed by atoms with van der Waals surface area (Å²) in [4.78, 5) is 4.42. The third kappa shape index (κ3) is 2.65. The number of pyridine rings is 1. The fourth-order valence-electron chi connectivity index (χ4n) is 2.56. The quantitative estimate of drug-likeness (QED) is 0.878. The molecule has 0 fully saturated rings. The second-order valence-corrected chi connectivity index (χ2v) is 5.39. The summed E-state index contributed by atoms with van der Waals surface area (Å²) >= 11 is 5.00. The molecule has 0 unspecified atom stereocenters. The fraction of sp³-hybridized carbons (Fsp3) is 0.250. The van der Waals surface area contributed by atoms with Crippen molar-refractivity contribution in [3.63, 3.8) is 0 Å². The van der Waals surface area contributed by atoms with Gasteiger partial charge >= 0.3 is 0 Å². The smallest absolute Gasteiger partial charge is 0.156 e. The molecule has 0 aliphatic heterocycles. The van der Waals surface area contributed by atoms with E-state index in [4.69, 9.17) is 22.7 Å². The zero-order valence-corrected chi connectivity index (χ0v) is 12.0. The van der Waals surface area contributed by atoms with Crippen molar-refractivity contribution in [1.82, 2.24) is 4.98 Å². The van der Waals surface area contributed by atoms with Crippen LogP contribution in [0, 0.1) is 0 Å². The van der Waals surface area contributed by atoms with Crippen molar-refractivity contribution in [2.24, 2.45) is 5.73 Å². The van der Waals surface area contributed by atoms with Crippen LogP contribution < -0.4 is 10.5 Å². The van der Waals surface area contributed by atoms with Crippen molar-refractivity contribution < 1.29 is 4.74 Å². The molecule has 0 saturated carbocycles. The van der Waals surface area contributed by atoms with Crippen LogP contribution in [0.4, 0.5) is 0 Å². The number of nitrogens with two attached hydrogens (primary N) is 1. The summed E-state index contributed by atoms with van der Waals surface area (Å²) in [5.41, 5.74) is 9.01. The van der Waals surface area contributed by atoms with Crippen molar-refractivity contribution in [1.29, 1.82) is 0 Å². The molecule has 0 bridgehead atoms.